The van der Waals surface area contributed by atoms with Gasteiger partial charge in [-0.1, -0.05) is 0 Å². The standard InChI is InChI=1S/C12H18N4O6S/c17-11(14-10-7-3-13-4-8(7)10)9-2-1-6-5-15(9)12(18)16(6)22-23(19,20)21/h6-10,13H,1-5H2,(H,14,17)(H,19,20,21)/t6-,7?,8?,9+,10?/m1/s1. The minimum atomic E-state index is -4.77. The Morgan fingerprint density at radius 1 is 1.30 bits per heavy atom. The van der Waals surface area contributed by atoms with Crippen LogP contribution in [0.1, 0.15) is 12.8 Å². The van der Waals surface area contributed by atoms with Crippen LogP contribution in [0.15, 0.2) is 0 Å². The van der Waals surface area contributed by atoms with Gasteiger partial charge in [-0.2, -0.15) is 13.5 Å². The van der Waals surface area contributed by atoms with Crippen LogP contribution in [0.3, 0.4) is 0 Å². The Bertz CT molecular complexity index is 644. The lowest BCUT2D eigenvalue weighted by molar-refractivity contribution is -0.126. The van der Waals surface area contributed by atoms with Crippen LogP contribution in [0.2, 0.25) is 0 Å². The first kappa shape index (κ1) is 15.1. The van der Waals surface area contributed by atoms with Crippen molar-refractivity contribution in [2.24, 2.45) is 11.8 Å². The highest BCUT2D eigenvalue weighted by atomic mass is 32.3. The van der Waals surface area contributed by atoms with Gasteiger partial charge in [-0.25, -0.2) is 4.79 Å². The average molecular weight is 346 g/mol. The lowest BCUT2D eigenvalue weighted by Gasteiger charge is -2.29. The minimum Gasteiger partial charge on any atom is -0.351 e. The summed E-state index contributed by atoms with van der Waals surface area (Å²) in [5, 5.41) is 6.89. The third kappa shape index (κ3) is 2.57. The van der Waals surface area contributed by atoms with Crippen molar-refractivity contribution in [1.29, 1.82) is 0 Å². The molecule has 0 radical (unpaired) electrons. The van der Waals surface area contributed by atoms with Gasteiger partial charge in [0.25, 0.3) is 0 Å². The van der Waals surface area contributed by atoms with Crippen LogP contribution in [0.4, 0.5) is 4.79 Å². The zero-order chi connectivity index (χ0) is 16.4. The molecule has 4 rings (SSSR count). The van der Waals surface area contributed by atoms with Crippen LogP contribution in [0, 0.1) is 11.8 Å². The van der Waals surface area contributed by atoms with Crippen molar-refractivity contribution >= 4 is 22.3 Å². The van der Waals surface area contributed by atoms with E-state index in [9.17, 15) is 18.0 Å². The Morgan fingerprint density at radius 2 is 2.00 bits per heavy atom. The van der Waals surface area contributed by atoms with Crippen molar-refractivity contribution in [2.45, 2.75) is 31.0 Å². The highest BCUT2D eigenvalue weighted by molar-refractivity contribution is 7.80. The molecule has 4 fully saturated rings. The summed E-state index contributed by atoms with van der Waals surface area (Å²) in [5.41, 5.74) is 0. The molecule has 128 valence electrons. The first-order valence-electron chi connectivity index (χ1n) is 7.63. The van der Waals surface area contributed by atoms with Crippen molar-refractivity contribution in [3.63, 3.8) is 0 Å². The molecule has 23 heavy (non-hydrogen) atoms. The summed E-state index contributed by atoms with van der Waals surface area (Å²) in [6.07, 6.45) is 0.878. The Balaban J connectivity index is 1.42. The molecule has 2 bridgehead atoms. The highest BCUT2D eigenvalue weighted by Gasteiger charge is 2.55. The Labute approximate surface area is 133 Å². The predicted octanol–water partition coefficient (Wildman–Crippen LogP) is -1.68. The molecular weight excluding hydrogens is 328 g/mol. The van der Waals surface area contributed by atoms with E-state index in [2.05, 4.69) is 14.9 Å². The lowest BCUT2D eigenvalue weighted by atomic mass is 10.0. The zero-order valence-corrected chi connectivity index (χ0v) is 13.0. The van der Waals surface area contributed by atoms with E-state index in [-0.39, 0.29) is 18.5 Å². The molecule has 3 N–H and O–H groups in total. The van der Waals surface area contributed by atoms with Crippen LogP contribution in [-0.2, 0) is 19.5 Å². The molecule has 1 saturated carbocycles. The highest BCUT2D eigenvalue weighted by Crippen LogP contribution is 2.42. The number of rotatable bonds is 4. The first-order valence-corrected chi connectivity index (χ1v) is 8.99. The summed E-state index contributed by atoms with van der Waals surface area (Å²) in [6.45, 7) is 2.02. The third-order valence-electron chi connectivity index (χ3n) is 5.20. The smallest absolute Gasteiger partial charge is 0.351 e. The van der Waals surface area contributed by atoms with Gasteiger partial charge in [0.1, 0.15) is 6.04 Å². The van der Waals surface area contributed by atoms with Gasteiger partial charge in [-0.15, -0.1) is 4.28 Å². The predicted molar refractivity (Wildman–Crippen MR) is 75.2 cm³/mol. The third-order valence-corrected chi connectivity index (χ3v) is 5.55. The van der Waals surface area contributed by atoms with Gasteiger partial charge in [0.2, 0.25) is 5.91 Å². The quantitative estimate of drug-likeness (QED) is 0.519. The number of urea groups is 1. The van der Waals surface area contributed by atoms with Crippen LogP contribution in [0.25, 0.3) is 0 Å². The lowest BCUT2D eigenvalue weighted by Crippen LogP contribution is -2.51. The number of carbonyl (C=O) groups excluding carboxylic acids is 2. The Hall–Kier alpha value is -1.43. The largest absolute Gasteiger partial charge is 0.418 e. The summed E-state index contributed by atoms with van der Waals surface area (Å²) >= 11 is 0. The summed E-state index contributed by atoms with van der Waals surface area (Å²) in [4.78, 5) is 26.0. The van der Waals surface area contributed by atoms with E-state index >= 15 is 0 Å². The number of carbonyl (C=O) groups is 2. The van der Waals surface area contributed by atoms with Crippen molar-refractivity contribution in [3.05, 3.63) is 0 Å². The van der Waals surface area contributed by atoms with Gasteiger partial charge in [0.05, 0.1) is 6.04 Å². The molecule has 10 nitrogen and oxygen atoms in total. The molecule has 4 atom stereocenters. The SMILES string of the molecule is O=C(NC1C2CNCC21)[C@@H]1CC[C@@H]2CN1C(=O)N2OS(=O)(=O)O. The molecule has 2 unspecified atom stereocenters. The van der Waals surface area contributed by atoms with Crippen molar-refractivity contribution in [3.8, 4) is 0 Å². The van der Waals surface area contributed by atoms with Crippen molar-refractivity contribution < 1.29 is 26.8 Å². The molecule has 3 saturated heterocycles. The normalized spacial score (nSPS) is 38.7. The van der Waals surface area contributed by atoms with Gasteiger partial charge in [-0.05, 0) is 24.7 Å². The number of hydrogen-bond donors (Lipinski definition) is 3. The zero-order valence-electron chi connectivity index (χ0n) is 12.2. The van der Waals surface area contributed by atoms with Gasteiger partial charge in [-0.3, -0.25) is 9.35 Å². The first-order chi connectivity index (χ1) is 10.8. The van der Waals surface area contributed by atoms with E-state index in [0.717, 1.165) is 13.1 Å². The Kier molecular flexibility index (Phi) is 3.31. The number of amides is 3. The molecular formula is C12H18N4O6S. The van der Waals surface area contributed by atoms with E-state index in [4.69, 9.17) is 4.55 Å². The Morgan fingerprint density at radius 3 is 2.65 bits per heavy atom. The number of hydrogen-bond acceptors (Lipinski definition) is 6. The maximum atomic E-state index is 12.5. The molecule has 3 aliphatic heterocycles. The number of hydroxylamine groups is 2. The molecule has 0 spiro atoms. The second-order valence-electron chi connectivity index (χ2n) is 6.53. The molecule has 4 aliphatic rings. The second kappa shape index (κ2) is 5.03. The van der Waals surface area contributed by atoms with Gasteiger partial charge < -0.3 is 15.5 Å². The number of nitrogens with one attached hydrogen (secondary N) is 2. The minimum absolute atomic E-state index is 0.171. The summed E-state index contributed by atoms with van der Waals surface area (Å²) in [6, 6.07) is -1.63. The van der Waals surface area contributed by atoms with Crippen LogP contribution < -0.4 is 10.6 Å². The molecule has 0 aromatic rings. The van der Waals surface area contributed by atoms with E-state index < -0.39 is 28.5 Å². The fourth-order valence-electron chi connectivity index (χ4n) is 4.00. The topological polar surface area (TPSA) is 128 Å². The summed E-state index contributed by atoms with van der Waals surface area (Å²) in [7, 11) is -4.77. The average Bonchev–Trinajstić information content (AvgIpc) is 2.83. The van der Waals surface area contributed by atoms with Gasteiger partial charge >= 0.3 is 16.4 Å². The number of nitrogens with zero attached hydrogens (tertiary/aromatic N) is 2. The van der Waals surface area contributed by atoms with Crippen molar-refractivity contribution in [1.82, 2.24) is 20.6 Å². The molecule has 1 aliphatic carbocycles. The maximum absolute atomic E-state index is 12.5. The fourth-order valence-corrected chi connectivity index (χ4v) is 4.39. The van der Waals surface area contributed by atoms with Gasteiger partial charge in [0.15, 0.2) is 0 Å². The van der Waals surface area contributed by atoms with Crippen molar-refractivity contribution in [2.75, 3.05) is 19.6 Å². The molecule has 0 aromatic carbocycles. The summed E-state index contributed by atoms with van der Waals surface area (Å²) < 4.78 is 34.8. The van der Waals surface area contributed by atoms with E-state index in [1.165, 1.54) is 4.90 Å². The van der Waals surface area contributed by atoms with Crippen LogP contribution in [0.5, 0.6) is 0 Å². The molecule has 3 heterocycles. The summed E-state index contributed by atoms with van der Waals surface area (Å²) in [5.74, 6) is 0.748. The van der Waals surface area contributed by atoms with Crippen LogP contribution >= 0.6 is 0 Å². The van der Waals surface area contributed by atoms with E-state index in [1.54, 1.807) is 0 Å². The fraction of sp³-hybridized carbons (Fsp3) is 0.833. The van der Waals surface area contributed by atoms with Crippen LogP contribution in [-0.4, -0.2) is 72.6 Å². The maximum Gasteiger partial charge on any atom is 0.418 e. The number of piperidine rings is 2. The molecule has 11 heteroatoms. The van der Waals surface area contributed by atoms with E-state index in [1.807, 2.05) is 0 Å². The van der Waals surface area contributed by atoms with Gasteiger partial charge in [0, 0.05) is 25.7 Å². The molecule has 0 aromatic heterocycles. The number of fused-ring (bicyclic) bond motifs is 3. The monoisotopic (exact) mass is 346 g/mol. The second-order valence-corrected chi connectivity index (χ2v) is 7.53. The molecule has 3 amide bonds. The van der Waals surface area contributed by atoms with E-state index in [0.29, 0.717) is 29.7 Å².